The van der Waals surface area contributed by atoms with Gasteiger partial charge in [-0.15, -0.1) is 0 Å². The monoisotopic (exact) mass is 366 g/mol. The number of benzene rings is 3. The SMILES string of the molecule is N#CC1=C(N)Oc2ccc3ccccc3c2C1c1ccc(C(F)(F)F)cc1. The second kappa shape index (κ2) is 6.06. The van der Waals surface area contributed by atoms with E-state index in [0.29, 0.717) is 11.3 Å². The smallest absolute Gasteiger partial charge is 0.416 e. The number of nitrogens with two attached hydrogens (primary N) is 1. The molecule has 6 heteroatoms. The quantitative estimate of drug-likeness (QED) is 0.654. The van der Waals surface area contributed by atoms with Gasteiger partial charge in [-0.1, -0.05) is 42.5 Å². The van der Waals surface area contributed by atoms with Crippen molar-refractivity contribution in [1.82, 2.24) is 0 Å². The molecule has 1 aliphatic rings. The topological polar surface area (TPSA) is 59.0 Å². The van der Waals surface area contributed by atoms with Crippen LogP contribution in [0.5, 0.6) is 5.75 Å². The zero-order valence-electron chi connectivity index (χ0n) is 13.9. The average molecular weight is 366 g/mol. The summed E-state index contributed by atoms with van der Waals surface area (Å²) in [5, 5.41) is 11.4. The van der Waals surface area contributed by atoms with E-state index in [9.17, 15) is 18.4 Å². The molecule has 0 bridgehead atoms. The summed E-state index contributed by atoms with van der Waals surface area (Å²) in [5.41, 5.74) is 6.63. The van der Waals surface area contributed by atoms with Crippen molar-refractivity contribution in [2.24, 2.45) is 5.73 Å². The molecule has 1 atom stereocenters. The number of hydrogen-bond donors (Lipinski definition) is 1. The first-order valence-electron chi connectivity index (χ1n) is 8.16. The Hall–Kier alpha value is -3.46. The molecule has 0 aliphatic carbocycles. The predicted octanol–water partition coefficient (Wildman–Crippen LogP) is 5.08. The van der Waals surface area contributed by atoms with Crippen LogP contribution in [-0.4, -0.2) is 0 Å². The first-order valence-corrected chi connectivity index (χ1v) is 8.16. The highest BCUT2D eigenvalue weighted by molar-refractivity contribution is 5.90. The maximum atomic E-state index is 12.9. The van der Waals surface area contributed by atoms with Gasteiger partial charge >= 0.3 is 6.18 Å². The summed E-state index contributed by atoms with van der Waals surface area (Å²) in [6.45, 7) is 0. The van der Waals surface area contributed by atoms with Crippen LogP contribution in [-0.2, 0) is 6.18 Å². The molecule has 0 fully saturated rings. The van der Waals surface area contributed by atoms with Crippen LogP contribution in [0, 0.1) is 11.3 Å². The summed E-state index contributed by atoms with van der Waals surface area (Å²) >= 11 is 0. The standard InChI is InChI=1S/C21H13F3N2O/c22-21(23,24)14-8-5-13(6-9-14)18-16(11-25)20(26)27-17-10-7-12-3-1-2-4-15(12)19(17)18/h1-10,18H,26H2. The van der Waals surface area contributed by atoms with Gasteiger partial charge in [0, 0.05) is 5.56 Å². The van der Waals surface area contributed by atoms with E-state index >= 15 is 0 Å². The molecule has 134 valence electrons. The van der Waals surface area contributed by atoms with Crippen LogP contribution in [0.15, 0.2) is 72.1 Å². The van der Waals surface area contributed by atoms with Crippen molar-refractivity contribution >= 4 is 10.8 Å². The summed E-state index contributed by atoms with van der Waals surface area (Å²) < 4.78 is 44.4. The number of nitriles is 1. The van der Waals surface area contributed by atoms with Gasteiger partial charge in [-0.3, -0.25) is 0 Å². The molecule has 0 aromatic heterocycles. The van der Waals surface area contributed by atoms with Crippen molar-refractivity contribution in [2.45, 2.75) is 12.1 Å². The summed E-state index contributed by atoms with van der Waals surface area (Å²) in [4.78, 5) is 0. The van der Waals surface area contributed by atoms with Crippen LogP contribution < -0.4 is 10.5 Å². The van der Waals surface area contributed by atoms with E-state index in [-0.39, 0.29) is 11.5 Å². The van der Waals surface area contributed by atoms with E-state index < -0.39 is 17.7 Å². The Balaban J connectivity index is 1.96. The van der Waals surface area contributed by atoms with Gasteiger partial charge in [0.05, 0.1) is 11.5 Å². The van der Waals surface area contributed by atoms with Crippen molar-refractivity contribution in [1.29, 1.82) is 5.26 Å². The first-order chi connectivity index (χ1) is 12.9. The second-order valence-electron chi connectivity index (χ2n) is 6.24. The molecule has 3 nitrogen and oxygen atoms in total. The zero-order chi connectivity index (χ0) is 19.2. The molecule has 0 saturated heterocycles. The molecule has 0 saturated carbocycles. The third kappa shape index (κ3) is 2.77. The van der Waals surface area contributed by atoms with Crippen molar-refractivity contribution in [3.63, 3.8) is 0 Å². The van der Waals surface area contributed by atoms with Gasteiger partial charge in [0.15, 0.2) is 0 Å². The summed E-state index contributed by atoms with van der Waals surface area (Å²) in [7, 11) is 0. The maximum absolute atomic E-state index is 12.9. The molecular formula is C21H13F3N2O. The lowest BCUT2D eigenvalue weighted by molar-refractivity contribution is -0.137. The Morgan fingerprint density at radius 3 is 2.33 bits per heavy atom. The van der Waals surface area contributed by atoms with Crippen LogP contribution in [0.2, 0.25) is 0 Å². The zero-order valence-corrected chi connectivity index (χ0v) is 13.9. The number of nitrogens with zero attached hydrogens (tertiary/aromatic N) is 1. The molecule has 3 aromatic rings. The van der Waals surface area contributed by atoms with Gasteiger partial charge in [-0.05, 0) is 34.5 Å². The molecule has 1 aliphatic heterocycles. The number of halogens is 3. The first kappa shape index (κ1) is 17.0. The van der Waals surface area contributed by atoms with Crippen molar-refractivity contribution < 1.29 is 17.9 Å². The van der Waals surface area contributed by atoms with E-state index in [1.54, 1.807) is 6.07 Å². The number of allylic oxidation sites excluding steroid dienone is 1. The van der Waals surface area contributed by atoms with Gasteiger partial charge in [0.1, 0.15) is 17.4 Å². The molecule has 27 heavy (non-hydrogen) atoms. The lowest BCUT2D eigenvalue weighted by Gasteiger charge is -2.28. The fourth-order valence-electron chi connectivity index (χ4n) is 3.44. The minimum Gasteiger partial charge on any atom is -0.440 e. The fraction of sp³-hybridized carbons (Fsp3) is 0.0952. The third-order valence-corrected chi connectivity index (χ3v) is 4.69. The molecular weight excluding hydrogens is 353 g/mol. The number of rotatable bonds is 1. The summed E-state index contributed by atoms with van der Waals surface area (Å²) in [6, 6.07) is 18.1. The highest BCUT2D eigenvalue weighted by Crippen LogP contribution is 2.45. The van der Waals surface area contributed by atoms with E-state index in [1.807, 2.05) is 30.3 Å². The van der Waals surface area contributed by atoms with Crippen molar-refractivity contribution in [2.75, 3.05) is 0 Å². The molecule has 1 heterocycles. The largest absolute Gasteiger partial charge is 0.440 e. The van der Waals surface area contributed by atoms with Gasteiger partial charge in [0.2, 0.25) is 5.88 Å². The Morgan fingerprint density at radius 1 is 0.963 bits per heavy atom. The van der Waals surface area contributed by atoms with Crippen LogP contribution >= 0.6 is 0 Å². The molecule has 0 spiro atoms. The Kier molecular flexibility index (Phi) is 3.81. The highest BCUT2D eigenvalue weighted by Gasteiger charge is 2.34. The average Bonchev–Trinajstić information content (AvgIpc) is 2.66. The fourth-order valence-corrected chi connectivity index (χ4v) is 3.44. The van der Waals surface area contributed by atoms with E-state index in [1.165, 1.54) is 12.1 Å². The van der Waals surface area contributed by atoms with Gasteiger partial charge in [0.25, 0.3) is 0 Å². The normalized spacial score (nSPS) is 16.6. The number of ether oxygens (including phenoxy) is 1. The Morgan fingerprint density at radius 2 is 1.67 bits per heavy atom. The molecule has 0 radical (unpaired) electrons. The minimum absolute atomic E-state index is 0.0369. The van der Waals surface area contributed by atoms with E-state index in [0.717, 1.165) is 28.5 Å². The number of alkyl halides is 3. The minimum atomic E-state index is -4.42. The molecule has 0 amide bonds. The lowest BCUT2D eigenvalue weighted by atomic mass is 9.81. The molecule has 4 rings (SSSR count). The Labute approximate surface area is 153 Å². The predicted molar refractivity (Wildman–Crippen MR) is 94.7 cm³/mol. The lowest BCUT2D eigenvalue weighted by Crippen LogP contribution is -2.21. The van der Waals surface area contributed by atoms with Gasteiger partial charge < -0.3 is 10.5 Å². The van der Waals surface area contributed by atoms with E-state index in [4.69, 9.17) is 10.5 Å². The van der Waals surface area contributed by atoms with E-state index in [2.05, 4.69) is 6.07 Å². The van der Waals surface area contributed by atoms with Gasteiger partial charge in [-0.25, -0.2) is 0 Å². The molecule has 3 aromatic carbocycles. The Bertz CT molecular complexity index is 1110. The van der Waals surface area contributed by atoms with Crippen molar-refractivity contribution in [3.05, 3.63) is 88.8 Å². The number of fused-ring (bicyclic) bond motifs is 3. The molecule has 2 N–H and O–H groups in total. The van der Waals surface area contributed by atoms with Gasteiger partial charge in [-0.2, -0.15) is 18.4 Å². The van der Waals surface area contributed by atoms with Crippen LogP contribution in [0.3, 0.4) is 0 Å². The summed E-state index contributed by atoms with van der Waals surface area (Å²) in [5.74, 6) is -0.146. The third-order valence-electron chi connectivity index (χ3n) is 4.69. The summed E-state index contributed by atoms with van der Waals surface area (Å²) in [6.07, 6.45) is -4.42. The van der Waals surface area contributed by atoms with Crippen molar-refractivity contribution in [3.8, 4) is 11.8 Å². The molecule has 1 unspecified atom stereocenters. The number of hydrogen-bond acceptors (Lipinski definition) is 3. The maximum Gasteiger partial charge on any atom is 0.416 e. The van der Waals surface area contributed by atoms with Crippen LogP contribution in [0.4, 0.5) is 13.2 Å². The second-order valence-corrected chi connectivity index (χ2v) is 6.24. The van der Waals surface area contributed by atoms with Crippen LogP contribution in [0.25, 0.3) is 10.8 Å². The van der Waals surface area contributed by atoms with Crippen LogP contribution in [0.1, 0.15) is 22.6 Å². The highest BCUT2D eigenvalue weighted by atomic mass is 19.4.